The number of H-pyrrole nitrogens is 1. The Kier molecular flexibility index (Phi) is 4.02. The molecule has 6 heteroatoms. The highest BCUT2D eigenvalue weighted by Gasteiger charge is 2.12. The smallest absolute Gasteiger partial charge is 0.337 e. The number of hydrogen-bond acceptors (Lipinski definition) is 5. The fraction of sp³-hybridized carbons (Fsp3) is 0.357. The molecule has 1 aromatic heterocycles. The van der Waals surface area contributed by atoms with E-state index in [2.05, 4.69) is 14.7 Å². The number of benzene rings is 1. The highest BCUT2D eigenvalue weighted by atomic mass is 16.5. The monoisotopic (exact) mass is 275 g/mol. The van der Waals surface area contributed by atoms with Crippen molar-refractivity contribution in [3.05, 3.63) is 34.1 Å². The zero-order valence-electron chi connectivity index (χ0n) is 11.8. The molecule has 2 aromatic rings. The van der Waals surface area contributed by atoms with Gasteiger partial charge >= 0.3 is 5.97 Å². The molecule has 20 heavy (non-hydrogen) atoms. The fourth-order valence-corrected chi connectivity index (χ4v) is 2.06. The molecule has 1 aromatic carbocycles. The van der Waals surface area contributed by atoms with Crippen molar-refractivity contribution in [3.8, 4) is 0 Å². The molecule has 0 aliphatic rings. The maximum absolute atomic E-state index is 12.0. The number of nitrogens with one attached hydrogen (secondary N) is 1. The molecule has 6 nitrogen and oxygen atoms in total. The van der Waals surface area contributed by atoms with Gasteiger partial charge in [0.15, 0.2) is 5.82 Å². The van der Waals surface area contributed by atoms with Crippen LogP contribution in [-0.4, -0.2) is 36.1 Å². The standard InChI is InChI=1S/C14H17N3O3/c1-4-17(5-2)12-13(18)16-10-7-6-9(14(19)20-3)8-11(10)15-12/h6-8H,4-5H2,1-3H3,(H,16,18). The van der Waals surface area contributed by atoms with Gasteiger partial charge in [0.1, 0.15) is 0 Å². The minimum absolute atomic E-state index is 0.230. The van der Waals surface area contributed by atoms with Crippen molar-refractivity contribution in [1.29, 1.82) is 0 Å². The summed E-state index contributed by atoms with van der Waals surface area (Å²) in [6, 6.07) is 4.87. The molecule has 0 spiro atoms. The van der Waals surface area contributed by atoms with Crippen LogP contribution in [0.3, 0.4) is 0 Å². The molecule has 0 unspecified atom stereocenters. The van der Waals surface area contributed by atoms with E-state index in [1.54, 1.807) is 18.2 Å². The number of nitrogens with zero attached hydrogens (tertiary/aromatic N) is 2. The maximum atomic E-state index is 12.0. The Hall–Kier alpha value is -2.37. The van der Waals surface area contributed by atoms with Gasteiger partial charge in [-0.2, -0.15) is 0 Å². The van der Waals surface area contributed by atoms with Gasteiger partial charge in [0.05, 0.1) is 23.7 Å². The summed E-state index contributed by atoms with van der Waals surface area (Å²) in [6.07, 6.45) is 0. The quantitative estimate of drug-likeness (QED) is 0.857. The lowest BCUT2D eigenvalue weighted by Crippen LogP contribution is -2.29. The summed E-state index contributed by atoms with van der Waals surface area (Å²) in [6.45, 7) is 5.29. The summed E-state index contributed by atoms with van der Waals surface area (Å²) in [4.78, 5) is 32.6. The molecule has 0 aliphatic carbocycles. The first-order valence-corrected chi connectivity index (χ1v) is 6.48. The Morgan fingerprint density at radius 1 is 1.35 bits per heavy atom. The van der Waals surface area contributed by atoms with Gasteiger partial charge in [0.2, 0.25) is 0 Å². The Morgan fingerprint density at radius 3 is 2.65 bits per heavy atom. The molecule has 0 radical (unpaired) electrons. The molecular weight excluding hydrogens is 258 g/mol. The number of ether oxygens (including phenoxy) is 1. The average Bonchev–Trinajstić information content (AvgIpc) is 2.47. The van der Waals surface area contributed by atoms with E-state index in [0.717, 1.165) is 0 Å². The molecule has 106 valence electrons. The Bertz CT molecular complexity index is 690. The van der Waals surface area contributed by atoms with Crippen molar-refractivity contribution >= 4 is 22.8 Å². The van der Waals surface area contributed by atoms with Crippen molar-refractivity contribution in [1.82, 2.24) is 9.97 Å². The minimum Gasteiger partial charge on any atom is -0.465 e. The first kappa shape index (κ1) is 14.0. The zero-order valence-corrected chi connectivity index (χ0v) is 11.8. The lowest BCUT2D eigenvalue weighted by molar-refractivity contribution is 0.0601. The SMILES string of the molecule is CCN(CC)c1nc2cc(C(=O)OC)ccc2[nH]c1=O. The van der Waals surface area contributed by atoms with Gasteiger partial charge in [-0.25, -0.2) is 9.78 Å². The number of aromatic amines is 1. The zero-order chi connectivity index (χ0) is 14.7. The van der Waals surface area contributed by atoms with Crippen LogP contribution in [0.4, 0.5) is 5.82 Å². The van der Waals surface area contributed by atoms with Gasteiger partial charge in [-0.15, -0.1) is 0 Å². The lowest BCUT2D eigenvalue weighted by atomic mass is 10.2. The molecule has 0 amide bonds. The maximum Gasteiger partial charge on any atom is 0.337 e. The molecule has 0 fully saturated rings. The second-order valence-electron chi connectivity index (χ2n) is 4.29. The number of methoxy groups -OCH3 is 1. The number of fused-ring (bicyclic) bond motifs is 1. The van der Waals surface area contributed by atoms with E-state index in [-0.39, 0.29) is 5.56 Å². The Balaban J connectivity index is 2.60. The van der Waals surface area contributed by atoms with Gasteiger partial charge in [0.25, 0.3) is 5.56 Å². The first-order chi connectivity index (χ1) is 9.60. The summed E-state index contributed by atoms with van der Waals surface area (Å²) in [7, 11) is 1.33. The van der Waals surface area contributed by atoms with Crippen LogP contribution in [-0.2, 0) is 4.74 Å². The van der Waals surface area contributed by atoms with E-state index in [4.69, 9.17) is 0 Å². The van der Waals surface area contributed by atoms with Crippen molar-refractivity contribution in [2.24, 2.45) is 0 Å². The predicted octanol–water partition coefficient (Wildman–Crippen LogP) is 1.56. The Labute approximate surface area is 116 Å². The molecular formula is C14H17N3O3. The molecule has 1 heterocycles. The van der Waals surface area contributed by atoms with Crippen LogP contribution in [0.15, 0.2) is 23.0 Å². The topological polar surface area (TPSA) is 75.3 Å². The van der Waals surface area contributed by atoms with E-state index < -0.39 is 5.97 Å². The van der Waals surface area contributed by atoms with Crippen LogP contribution >= 0.6 is 0 Å². The molecule has 0 bridgehead atoms. The van der Waals surface area contributed by atoms with Crippen molar-refractivity contribution in [3.63, 3.8) is 0 Å². The van der Waals surface area contributed by atoms with Crippen LogP contribution < -0.4 is 10.5 Å². The Morgan fingerprint density at radius 2 is 2.05 bits per heavy atom. The van der Waals surface area contributed by atoms with E-state index in [9.17, 15) is 9.59 Å². The normalized spacial score (nSPS) is 10.6. The first-order valence-electron chi connectivity index (χ1n) is 6.48. The van der Waals surface area contributed by atoms with Gasteiger partial charge in [-0.05, 0) is 32.0 Å². The molecule has 0 atom stereocenters. The molecule has 0 saturated carbocycles. The van der Waals surface area contributed by atoms with Gasteiger partial charge in [0, 0.05) is 13.1 Å². The van der Waals surface area contributed by atoms with Crippen molar-refractivity contribution in [2.75, 3.05) is 25.1 Å². The van der Waals surface area contributed by atoms with Crippen molar-refractivity contribution in [2.45, 2.75) is 13.8 Å². The van der Waals surface area contributed by atoms with Crippen LogP contribution in [0.2, 0.25) is 0 Å². The summed E-state index contributed by atoms with van der Waals surface area (Å²) in [5, 5.41) is 0. The van der Waals surface area contributed by atoms with E-state index >= 15 is 0 Å². The van der Waals surface area contributed by atoms with Gasteiger partial charge in [-0.3, -0.25) is 4.79 Å². The molecule has 2 rings (SSSR count). The minimum atomic E-state index is -0.427. The second-order valence-corrected chi connectivity index (χ2v) is 4.29. The predicted molar refractivity (Wildman–Crippen MR) is 77.3 cm³/mol. The number of esters is 1. The van der Waals surface area contributed by atoms with Crippen LogP contribution in [0.25, 0.3) is 11.0 Å². The molecule has 0 aliphatic heterocycles. The summed E-state index contributed by atoms with van der Waals surface area (Å²) in [5.41, 5.74) is 1.34. The average molecular weight is 275 g/mol. The lowest BCUT2D eigenvalue weighted by Gasteiger charge is -2.18. The van der Waals surface area contributed by atoms with Gasteiger partial charge < -0.3 is 14.6 Å². The fourth-order valence-electron chi connectivity index (χ4n) is 2.06. The third-order valence-electron chi connectivity index (χ3n) is 3.16. The van der Waals surface area contributed by atoms with Crippen LogP contribution in [0, 0.1) is 0 Å². The second kappa shape index (κ2) is 5.73. The number of carbonyl (C=O) groups excluding carboxylic acids is 1. The summed E-state index contributed by atoms with van der Waals surface area (Å²) < 4.78 is 4.68. The van der Waals surface area contributed by atoms with E-state index in [1.165, 1.54) is 7.11 Å². The van der Waals surface area contributed by atoms with E-state index in [1.807, 2.05) is 18.7 Å². The van der Waals surface area contributed by atoms with Gasteiger partial charge in [-0.1, -0.05) is 0 Å². The number of rotatable bonds is 4. The highest BCUT2D eigenvalue weighted by Crippen LogP contribution is 2.14. The summed E-state index contributed by atoms with van der Waals surface area (Å²) in [5.74, 6) is -0.0613. The molecule has 0 saturated heterocycles. The number of carbonyl (C=O) groups is 1. The third kappa shape index (κ3) is 2.49. The summed E-state index contributed by atoms with van der Waals surface area (Å²) >= 11 is 0. The molecule has 1 N–H and O–H groups in total. The van der Waals surface area contributed by atoms with Crippen LogP contribution in [0.1, 0.15) is 24.2 Å². The highest BCUT2D eigenvalue weighted by molar-refractivity contribution is 5.93. The number of anilines is 1. The largest absolute Gasteiger partial charge is 0.465 e. The van der Waals surface area contributed by atoms with E-state index in [0.29, 0.717) is 35.5 Å². The van der Waals surface area contributed by atoms with Crippen LogP contribution in [0.5, 0.6) is 0 Å². The van der Waals surface area contributed by atoms with Crippen molar-refractivity contribution < 1.29 is 9.53 Å². The number of aromatic nitrogens is 2. The number of hydrogen-bond donors (Lipinski definition) is 1. The third-order valence-corrected chi connectivity index (χ3v) is 3.16.